The summed E-state index contributed by atoms with van der Waals surface area (Å²) in [6.45, 7) is 1.87. The minimum Gasteiger partial charge on any atom is -0.456 e. The van der Waals surface area contributed by atoms with Crippen LogP contribution in [0.1, 0.15) is 50.5 Å². The summed E-state index contributed by atoms with van der Waals surface area (Å²) in [5, 5.41) is 5.67. The van der Waals surface area contributed by atoms with Crippen LogP contribution in [-0.2, 0) is 19.1 Å². The van der Waals surface area contributed by atoms with Crippen LogP contribution in [0.4, 0.5) is 5.69 Å². The van der Waals surface area contributed by atoms with Gasteiger partial charge in [0.1, 0.15) is 0 Å². The highest BCUT2D eigenvalue weighted by Gasteiger charge is 2.54. The van der Waals surface area contributed by atoms with Crippen molar-refractivity contribution in [1.29, 1.82) is 0 Å². The Morgan fingerprint density at radius 3 is 2.33 bits per heavy atom. The summed E-state index contributed by atoms with van der Waals surface area (Å²) in [6.07, 6.45) is 6.96. The van der Waals surface area contributed by atoms with Crippen LogP contribution >= 0.6 is 15.9 Å². The summed E-state index contributed by atoms with van der Waals surface area (Å²) >= 11 is 3.40. The number of anilines is 1. The first-order valence-electron chi connectivity index (χ1n) is 10.8. The van der Waals surface area contributed by atoms with Crippen molar-refractivity contribution in [3.05, 3.63) is 28.2 Å². The first-order valence-corrected chi connectivity index (χ1v) is 11.6. The van der Waals surface area contributed by atoms with E-state index in [2.05, 4.69) is 26.6 Å². The molecular formula is C23H29BrN2O4. The molecule has 0 unspecified atom stereocenters. The van der Waals surface area contributed by atoms with Crippen molar-refractivity contribution in [2.75, 3.05) is 18.5 Å². The average molecular weight is 477 g/mol. The van der Waals surface area contributed by atoms with E-state index < -0.39 is 11.9 Å². The van der Waals surface area contributed by atoms with Crippen LogP contribution in [0.25, 0.3) is 0 Å². The number of hydrogen-bond donors (Lipinski definition) is 2. The Labute approximate surface area is 185 Å². The van der Waals surface area contributed by atoms with Crippen LogP contribution in [0.5, 0.6) is 0 Å². The summed E-state index contributed by atoms with van der Waals surface area (Å²) < 4.78 is 5.83. The molecule has 2 N–H and O–H groups in total. The van der Waals surface area contributed by atoms with E-state index in [-0.39, 0.29) is 30.9 Å². The molecule has 162 valence electrons. The van der Waals surface area contributed by atoms with Gasteiger partial charge in [0, 0.05) is 16.4 Å². The zero-order valence-corrected chi connectivity index (χ0v) is 18.9. The molecule has 6 nitrogen and oxygen atoms in total. The molecule has 0 saturated heterocycles. The molecule has 4 bridgehead atoms. The van der Waals surface area contributed by atoms with Gasteiger partial charge in [-0.3, -0.25) is 14.4 Å². The van der Waals surface area contributed by atoms with Gasteiger partial charge in [-0.25, -0.2) is 0 Å². The molecule has 2 amide bonds. The van der Waals surface area contributed by atoms with Gasteiger partial charge in [0.15, 0.2) is 6.61 Å². The largest absolute Gasteiger partial charge is 0.456 e. The second-order valence-corrected chi connectivity index (χ2v) is 10.3. The molecule has 5 rings (SSSR count). The number of esters is 1. The van der Waals surface area contributed by atoms with Gasteiger partial charge in [-0.15, -0.1) is 0 Å². The fourth-order valence-electron chi connectivity index (χ4n) is 5.98. The van der Waals surface area contributed by atoms with Gasteiger partial charge >= 0.3 is 5.97 Å². The zero-order chi connectivity index (χ0) is 21.3. The van der Waals surface area contributed by atoms with Gasteiger partial charge < -0.3 is 15.4 Å². The van der Waals surface area contributed by atoms with Crippen LogP contribution in [0.3, 0.4) is 0 Å². The van der Waals surface area contributed by atoms with Gasteiger partial charge in [0.25, 0.3) is 5.91 Å². The number of nitrogens with one attached hydrogen (secondary N) is 2. The zero-order valence-electron chi connectivity index (χ0n) is 17.3. The normalized spacial score (nSPS) is 28.8. The van der Waals surface area contributed by atoms with Gasteiger partial charge in [0.2, 0.25) is 5.91 Å². The van der Waals surface area contributed by atoms with E-state index in [9.17, 15) is 14.4 Å². The molecule has 4 aliphatic carbocycles. The van der Waals surface area contributed by atoms with Crippen molar-refractivity contribution >= 4 is 39.4 Å². The van der Waals surface area contributed by atoms with E-state index in [1.807, 2.05) is 19.1 Å². The van der Waals surface area contributed by atoms with Crippen LogP contribution in [0.15, 0.2) is 22.7 Å². The maximum absolute atomic E-state index is 12.9. The fourth-order valence-corrected chi connectivity index (χ4v) is 6.57. The average Bonchev–Trinajstić information content (AvgIpc) is 2.67. The number of carbonyl (C=O) groups excluding carboxylic acids is 3. The SMILES string of the molecule is Cc1ccc(NC(=O)COC(=O)CCNC(=O)C23CC4CC(CC(C4)C2)C3)c(Br)c1. The topological polar surface area (TPSA) is 84.5 Å². The molecule has 1 aromatic carbocycles. The number of rotatable bonds is 7. The Kier molecular flexibility index (Phi) is 6.19. The number of aryl methyl sites for hydroxylation is 1. The van der Waals surface area contributed by atoms with E-state index in [0.717, 1.165) is 29.3 Å². The first-order chi connectivity index (χ1) is 14.3. The standard InChI is InChI=1S/C23H29BrN2O4/c1-14-2-3-19(18(24)6-14)26-20(27)13-30-21(28)4-5-25-22(29)23-10-15-7-16(11-23)9-17(8-15)12-23/h2-3,6,15-17H,4-5,7-13H2,1H3,(H,25,29)(H,26,27). The van der Waals surface area contributed by atoms with Crippen molar-refractivity contribution in [1.82, 2.24) is 5.32 Å². The number of ether oxygens (including phenoxy) is 1. The van der Waals surface area contributed by atoms with E-state index in [4.69, 9.17) is 4.74 Å². The Bertz CT molecular complexity index is 818. The quantitative estimate of drug-likeness (QED) is 0.583. The van der Waals surface area contributed by atoms with Gasteiger partial charge in [0.05, 0.1) is 12.1 Å². The molecule has 4 aliphatic rings. The number of halogens is 1. The predicted molar refractivity (Wildman–Crippen MR) is 117 cm³/mol. The fraction of sp³-hybridized carbons (Fsp3) is 0.609. The maximum Gasteiger partial charge on any atom is 0.308 e. The van der Waals surface area contributed by atoms with Crippen LogP contribution in [0, 0.1) is 30.1 Å². The lowest BCUT2D eigenvalue weighted by molar-refractivity contribution is -0.148. The van der Waals surface area contributed by atoms with Crippen molar-refractivity contribution in [2.24, 2.45) is 23.2 Å². The monoisotopic (exact) mass is 476 g/mol. The van der Waals surface area contributed by atoms with Crippen molar-refractivity contribution in [3.63, 3.8) is 0 Å². The van der Waals surface area contributed by atoms with E-state index in [1.54, 1.807) is 6.07 Å². The molecular weight excluding hydrogens is 448 g/mol. The van der Waals surface area contributed by atoms with Crippen molar-refractivity contribution in [3.8, 4) is 0 Å². The number of benzene rings is 1. The third-order valence-electron chi connectivity index (χ3n) is 6.90. The molecule has 4 saturated carbocycles. The second-order valence-electron chi connectivity index (χ2n) is 9.40. The highest BCUT2D eigenvalue weighted by atomic mass is 79.9. The minimum atomic E-state index is -0.487. The van der Waals surface area contributed by atoms with E-state index in [1.165, 1.54) is 19.3 Å². The van der Waals surface area contributed by atoms with Crippen LogP contribution in [-0.4, -0.2) is 30.9 Å². The van der Waals surface area contributed by atoms with E-state index in [0.29, 0.717) is 23.4 Å². The van der Waals surface area contributed by atoms with Crippen molar-refractivity contribution in [2.45, 2.75) is 51.9 Å². The minimum absolute atomic E-state index is 0.0691. The Morgan fingerprint density at radius 1 is 1.10 bits per heavy atom. The van der Waals surface area contributed by atoms with Crippen LogP contribution < -0.4 is 10.6 Å². The molecule has 0 spiro atoms. The lowest BCUT2D eigenvalue weighted by Crippen LogP contribution is -2.53. The number of hydrogen-bond acceptors (Lipinski definition) is 4. The summed E-state index contributed by atoms with van der Waals surface area (Å²) in [5.74, 6) is 1.35. The maximum atomic E-state index is 12.9. The summed E-state index contributed by atoms with van der Waals surface area (Å²) in [5.41, 5.74) is 1.49. The predicted octanol–water partition coefficient (Wildman–Crippen LogP) is 3.96. The third kappa shape index (κ3) is 4.71. The second kappa shape index (κ2) is 8.69. The lowest BCUT2D eigenvalue weighted by Gasteiger charge is -2.55. The molecule has 1 aromatic rings. The van der Waals surface area contributed by atoms with Crippen molar-refractivity contribution < 1.29 is 19.1 Å². The van der Waals surface area contributed by atoms with Crippen LogP contribution in [0.2, 0.25) is 0 Å². The molecule has 30 heavy (non-hydrogen) atoms. The smallest absolute Gasteiger partial charge is 0.308 e. The molecule has 0 heterocycles. The van der Waals surface area contributed by atoms with Gasteiger partial charge in [-0.1, -0.05) is 6.07 Å². The van der Waals surface area contributed by atoms with Gasteiger partial charge in [-0.2, -0.15) is 0 Å². The third-order valence-corrected chi connectivity index (χ3v) is 7.55. The number of amides is 2. The highest BCUT2D eigenvalue weighted by Crippen LogP contribution is 2.60. The molecule has 0 atom stereocenters. The first kappa shape index (κ1) is 21.3. The summed E-state index contributed by atoms with van der Waals surface area (Å²) in [4.78, 5) is 36.9. The molecule has 4 fully saturated rings. The molecule has 0 aliphatic heterocycles. The Hall–Kier alpha value is -1.89. The molecule has 0 aromatic heterocycles. The van der Waals surface area contributed by atoms with Gasteiger partial charge in [-0.05, 0) is 96.8 Å². The lowest BCUT2D eigenvalue weighted by atomic mass is 9.49. The highest BCUT2D eigenvalue weighted by molar-refractivity contribution is 9.10. The number of carbonyl (C=O) groups is 3. The van der Waals surface area contributed by atoms with E-state index >= 15 is 0 Å². The summed E-state index contributed by atoms with van der Waals surface area (Å²) in [6, 6.07) is 5.58. The Morgan fingerprint density at radius 2 is 1.73 bits per heavy atom. The summed E-state index contributed by atoms with van der Waals surface area (Å²) in [7, 11) is 0. The molecule has 0 radical (unpaired) electrons. The Balaban J connectivity index is 1.17. The molecule has 7 heteroatoms.